The highest BCUT2D eigenvalue weighted by molar-refractivity contribution is 6.32. The van der Waals surface area contributed by atoms with Crippen molar-refractivity contribution in [3.8, 4) is 5.75 Å². The molecule has 132 valence electrons. The summed E-state index contributed by atoms with van der Waals surface area (Å²) in [6.07, 6.45) is 1.36. The lowest BCUT2D eigenvalue weighted by molar-refractivity contribution is 0.102. The van der Waals surface area contributed by atoms with Gasteiger partial charge in [0.25, 0.3) is 5.91 Å². The third-order valence-electron chi connectivity index (χ3n) is 3.01. The molecule has 8 heteroatoms. The molecule has 1 amide bonds. The molecular weight excluding hydrogens is 355 g/mol. The first-order chi connectivity index (χ1) is 11.2. The number of nitrogens with one attached hydrogen (secondary N) is 1. The van der Waals surface area contributed by atoms with E-state index < -0.39 is 0 Å². The molecule has 0 saturated carbocycles. The summed E-state index contributed by atoms with van der Waals surface area (Å²) in [5.41, 5.74) is 6.33. The summed E-state index contributed by atoms with van der Waals surface area (Å²) in [5.74, 6) is 0.615. The maximum atomic E-state index is 12.2. The highest BCUT2D eigenvalue weighted by Crippen LogP contribution is 2.33. The fraction of sp³-hybridized carbons (Fsp3) is 0.312. The first-order valence-electron chi connectivity index (χ1n) is 7.23. The van der Waals surface area contributed by atoms with Gasteiger partial charge in [0, 0.05) is 6.61 Å². The molecular formula is C16H20Cl2N2O4. The number of nitrogens with two attached hydrogens (primary N) is 1. The van der Waals surface area contributed by atoms with E-state index in [0.29, 0.717) is 47.6 Å². The molecule has 2 aromatic rings. The SMILES string of the molecule is CCOCCOc1c(Cl)cccc1NC(=O)c1coc(CN)c1.Cl. The van der Waals surface area contributed by atoms with Gasteiger partial charge in [0.2, 0.25) is 0 Å². The molecule has 0 aliphatic rings. The van der Waals surface area contributed by atoms with E-state index >= 15 is 0 Å². The van der Waals surface area contributed by atoms with Crippen LogP contribution in [0.15, 0.2) is 34.9 Å². The maximum Gasteiger partial charge on any atom is 0.259 e. The van der Waals surface area contributed by atoms with Crippen LogP contribution in [0.1, 0.15) is 23.0 Å². The minimum absolute atomic E-state index is 0. The zero-order valence-electron chi connectivity index (χ0n) is 13.2. The topological polar surface area (TPSA) is 86.7 Å². The molecule has 0 unspecified atom stereocenters. The van der Waals surface area contributed by atoms with Crippen molar-refractivity contribution in [3.05, 3.63) is 46.9 Å². The van der Waals surface area contributed by atoms with E-state index in [-0.39, 0.29) is 24.9 Å². The number of amides is 1. The van der Waals surface area contributed by atoms with Crippen molar-refractivity contribution in [2.45, 2.75) is 13.5 Å². The van der Waals surface area contributed by atoms with Crippen molar-refractivity contribution < 1.29 is 18.7 Å². The van der Waals surface area contributed by atoms with Crippen LogP contribution >= 0.6 is 24.0 Å². The highest BCUT2D eigenvalue weighted by atomic mass is 35.5. The van der Waals surface area contributed by atoms with Gasteiger partial charge >= 0.3 is 0 Å². The Morgan fingerprint density at radius 1 is 1.38 bits per heavy atom. The van der Waals surface area contributed by atoms with E-state index in [9.17, 15) is 4.79 Å². The third-order valence-corrected chi connectivity index (χ3v) is 3.31. The maximum absolute atomic E-state index is 12.2. The Bertz CT molecular complexity index is 661. The molecule has 0 saturated heterocycles. The summed E-state index contributed by atoms with van der Waals surface area (Å²) in [7, 11) is 0. The molecule has 2 rings (SSSR count). The Balaban J connectivity index is 0.00000288. The minimum atomic E-state index is -0.328. The van der Waals surface area contributed by atoms with E-state index in [1.165, 1.54) is 6.26 Å². The number of halogens is 2. The smallest absolute Gasteiger partial charge is 0.259 e. The number of rotatable bonds is 8. The second kappa shape index (κ2) is 10.2. The zero-order valence-corrected chi connectivity index (χ0v) is 14.8. The van der Waals surface area contributed by atoms with E-state index in [1.807, 2.05) is 6.92 Å². The number of hydrogen-bond acceptors (Lipinski definition) is 5. The van der Waals surface area contributed by atoms with Gasteiger partial charge in [0.05, 0.1) is 29.4 Å². The standard InChI is InChI=1S/C16H19ClN2O4.ClH/c1-2-21-6-7-22-15-13(17)4-3-5-14(15)19-16(20)11-8-12(9-18)23-10-11;/h3-5,8,10H,2,6-7,9,18H2,1H3,(H,19,20);1H. The number of carbonyl (C=O) groups is 1. The van der Waals surface area contributed by atoms with Crippen LogP contribution in [0, 0.1) is 0 Å². The van der Waals surface area contributed by atoms with Crippen LogP contribution in [0.5, 0.6) is 5.75 Å². The van der Waals surface area contributed by atoms with Gasteiger partial charge < -0.3 is 24.9 Å². The van der Waals surface area contributed by atoms with Gasteiger partial charge in [-0.05, 0) is 25.1 Å². The molecule has 1 heterocycles. The quantitative estimate of drug-likeness (QED) is 0.690. The third kappa shape index (κ3) is 5.42. The van der Waals surface area contributed by atoms with E-state index in [1.54, 1.807) is 24.3 Å². The Hall–Kier alpha value is -1.73. The molecule has 0 fully saturated rings. The summed E-state index contributed by atoms with van der Waals surface area (Å²) in [6.45, 7) is 3.53. The molecule has 0 radical (unpaired) electrons. The number of ether oxygens (including phenoxy) is 2. The highest BCUT2D eigenvalue weighted by Gasteiger charge is 2.14. The lowest BCUT2D eigenvalue weighted by atomic mass is 10.2. The molecule has 3 N–H and O–H groups in total. The van der Waals surface area contributed by atoms with Gasteiger partial charge in [-0.15, -0.1) is 12.4 Å². The molecule has 24 heavy (non-hydrogen) atoms. The van der Waals surface area contributed by atoms with Crippen molar-refractivity contribution >= 4 is 35.6 Å². The van der Waals surface area contributed by atoms with Gasteiger partial charge in [-0.1, -0.05) is 17.7 Å². The first kappa shape index (κ1) is 20.3. The van der Waals surface area contributed by atoms with Crippen LogP contribution in [0.3, 0.4) is 0 Å². The van der Waals surface area contributed by atoms with Crippen molar-refractivity contribution in [1.29, 1.82) is 0 Å². The molecule has 1 aromatic carbocycles. The predicted molar refractivity (Wildman–Crippen MR) is 95.2 cm³/mol. The number of carbonyl (C=O) groups excluding carboxylic acids is 1. The van der Waals surface area contributed by atoms with Crippen molar-refractivity contribution in [3.63, 3.8) is 0 Å². The van der Waals surface area contributed by atoms with E-state index in [2.05, 4.69) is 5.32 Å². The lowest BCUT2D eigenvalue weighted by Gasteiger charge is -2.13. The first-order valence-corrected chi connectivity index (χ1v) is 7.61. The monoisotopic (exact) mass is 374 g/mol. The minimum Gasteiger partial charge on any atom is -0.487 e. The lowest BCUT2D eigenvalue weighted by Crippen LogP contribution is -2.13. The van der Waals surface area contributed by atoms with Crippen LogP contribution < -0.4 is 15.8 Å². The number of para-hydroxylation sites is 1. The average Bonchev–Trinajstić information content (AvgIpc) is 3.03. The van der Waals surface area contributed by atoms with Gasteiger partial charge in [0.1, 0.15) is 18.6 Å². The Morgan fingerprint density at radius 3 is 2.83 bits per heavy atom. The number of anilines is 1. The molecule has 0 spiro atoms. The summed E-state index contributed by atoms with van der Waals surface area (Å²) >= 11 is 6.15. The summed E-state index contributed by atoms with van der Waals surface area (Å²) in [6, 6.07) is 6.73. The van der Waals surface area contributed by atoms with Crippen molar-refractivity contribution in [2.24, 2.45) is 5.73 Å². The fourth-order valence-corrected chi connectivity index (χ4v) is 2.13. The second-order valence-corrected chi connectivity index (χ2v) is 5.03. The van der Waals surface area contributed by atoms with Gasteiger partial charge in [-0.3, -0.25) is 4.79 Å². The van der Waals surface area contributed by atoms with Gasteiger partial charge in [0.15, 0.2) is 5.75 Å². The molecule has 6 nitrogen and oxygen atoms in total. The summed E-state index contributed by atoms with van der Waals surface area (Å²) in [4.78, 5) is 12.2. The predicted octanol–water partition coefficient (Wildman–Crippen LogP) is 3.48. The average molecular weight is 375 g/mol. The van der Waals surface area contributed by atoms with Crippen LogP contribution in [-0.2, 0) is 11.3 Å². The van der Waals surface area contributed by atoms with E-state index in [4.69, 9.17) is 31.2 Å². The van der Waals surface area contributed by atoms with E-state index in [0.717, 1.165) is 0 Å². The molecule has 0 aliphatic carbocycles. The largest absolute Gasteiger partial charge is 0.487 e. The summed E-state index contributed by atoms with van der Waals surface area (Å²) in [5, 5.41) is 3.17. The van der Waals surface area contributed by atoms with Crippen molar-refractivity contribution in [1.82, 2.24) is 0 Å². The molecule has 0 atom stereocenters. The van der Waals surface area contributed by atoms with Crippen LogP contribution in [0.2, 0.25) is 5.02 Å². The van der Waals surface area contributed by atoms with Crippen LogP contribution in [-0.4, -0.2) is 25.7 Å². The number of furan rings is 1. The van der Waals surface area contributed by atoms with Crippen LogP contribution in [0.4, 0.5) is 5.69 Å². The normalized spacial score (nSPS) is 10.1. The molecule has 0 bridgehead atoms. The Kier molecular flexibility index (Phi) is 8.63. The van der Waals surface area contributed by atoms with Crippen molar-refractivity contribution in [2.75, 3.05) is 25.1 Å². The number of hydrogen-bond donors (Lipinski definition) is 2. The number of benzene rings is 1. The summed E-state index contributed by atoms with van der Waals surface area (Å²) < 4.78 is 16.0. The Morgan fingerprint density at radius 2 is 2.17 bits per heavy atom. The second-order valence-electron chi connectivity index (χ2n) is 4.62. The molecule has 0 aliphatic heterocycles. The van der Waals surface area contributed by atoms with Gasteiger partial charge in [-0.2, -0.15) is 0 Å². The Labute approximate surface area is 151 Å². The zero-order chi connectivity index (χ0) is 16.7. The molecule has 1 aromatic heterocycles. The van der Waals surface area contributed by atoms with Gasteiger partial charge in [-0.25, -0.2) is 0 Å². The van der Waals surface area contributed by atoms with Crippen LogP contribution in [0.25, 0.3) is 0 Å². The fourth-order valence-electron chi connectivity index (χ4n) is 1.90.